The van der Waals surface area contributed by atoms with Gasteiger partial charge in [0.25, 0.3) is 0 Å². The van der Waals surface area contributed by atoms with Crippen molar-refractivity contribution in [1.82, 2.24) is 0 Å². The third-order valence-corrected chi connectivity index (χ3v) is 4.68. The lowest BCUT2D eigenvalue weighted by molar-refractivity contribution is -0.139. The fourth-order valence-electron chi connectivity index (χ4n) is 3.11. The van der Waals surface area contributed by atoms with E-state index in [0.29, 0.717) is 24.7 Å². The van der Waals surface area contributed by atoms with Gasteiger partial charge in [0.1, 0.15) is 30.3 Å². The Morgan fingerprint density at radius 1 is 1.13 bits per heavy atom. The van der Waals surface area contributed by atoms with E-state index in [1.165, 1.54) is 13.3 Å². The fourth-order valence-corrected chi connectivity index (χ4v) is 3.11. The second kappa shape index (κ2) is 11.6. The van der Waals surface area contributed by atoms with Crippen LogP contribution < -0.4 is 9.47 Å². The highest BCUT2D eigenvalue weighted by molar-refractivity contribution is 5.93. The molecule has 6 nitrogen and oxygen atoms in total. The minimum absolute atomic E-state index is 0.312. The van der Waals surface area contributed by atoms with Crippen LogP contribution in [0.3, 0.4) is 0 Å². The van der Waals surface area contributed by atoms with Gasteiger partial charge in [-0.1, -0.05) is 36.8 Å². The minimum atomic E-state index is -1.06. The quantitative estimate of drug-likeness (QED) is 0.626. The third-order valence-electron chi connectivity index (χ3n) is 4.68. The summed E-state index contributed by atoms with van der Waals surface area (Å²) in [5.41, 5.74) is 2.83. The molecular weight excluding hydrogens is 382 g/mol. The summed E-state index contributed by atoms with van der Waals surface area (Å²) in [6.07, 6.45) is 3.20. The lowest BCUT2D eigenvalue weighted by Gasteiger charge is -2.29. The number of ketones is 1. The van der Waals surface area contributed by atoms with E-state index in [1.807, 2.05) is 49.4 Å². The number of rotatable bonds is 8. The maximum absolute atomic E-state index is 9.87. The first-order valence-electron chi connectivity index (χ1n) is 10.0. The summed E-state index contributed by atoms with van der Waals surface area (Å²) in [5, 5.41) is 17.1. The standard InChI is InChI=1S/C20H21NO2.C4H6O3/c1-2-22-18-11-16(13-21)12-19(20(18)17-9-6-10-17)23-14-15-7-4-3-5-8-15;1-3(5)2-4(6)7/h3-5,7-8,11-12,17H,2,6,9-10,14H2,1H3;2H2,1H3,(H,6,7). The maximum atomic E-state index is 9.87. The van der Waals surface area contributed by atoms with E-state index >= 15 is 0 Å². The van der Waals surface area contributed by atoms with Crippen LogP contribution in [-0.2, 0) is 16.2 Å². The molecule has 3 rings (SSSR count). The number of carbonyl (C=O) groups is 2. The number of carboxylic acid groups (broad SMARTS) is 1. The molecule has 0 aromatic heterocycles. The van der Waals surface area contributed by atoms with Crippen LogP contribution >= 0.6 is 0 Å². The largest absolute Gasteiger partial charge is 0.493 e. The van der Waals surface area contributed by atoms with Gasteiger partial charge in [-0.3, -0.25) is 9.59 Å². The van der Waals surface area contributed by atoms with Crippen molar-refractivity contribution in [3.63, 3.8) is 0 Å². The summed E-state index contributed by atoms with van der Waals surface area (Å²) in [6, 6.07) is 16.0. The van der Waals surface area contributed by atoms with E-state index in [9.17, 15) is 14.9 Å². The summed E-state index contributed by atoms with van der Waals surface area (Å²) >= 11 is 0. The molecular formula is C24H27NO5. The average molecular weight is 409 g/mol. The molecule has 0 radical (unpaired) electrons. The molecule has 1 fully saturated rings. The van der Waals surface area contributed by atoms with Crippen LogP contribution in [0.1, 0.15) is 62.1 Å². The molecule has 0 amide bonds. The lowest BCUT2D eigenvalue weighted by atomic mass is 9.79. The molecule has 0 heterocycles. The molecule has 2 aromatic rings. The van der Waals surface area contributed by atoms with Gasteiger partial charge in [0.05, 0.1) is 18.2 Å². The highest BCUT2D eigenvalue weighted by Crippen LogP contribution is 2.46. The van der Waals surface area contributed by atoms with Crippen molar-refractivity contribution in [3.05, 3.63) is 59.2 Å². The predicted octanol–water partition coefficient (Wildman–Crippen LogP) is 4.85. The normalized spacial score (nSPS) is 12.6. The maximum Gasteiger partial charge on any atom is 0.310 e. The zero-order chi connectivity index (χ0) is 21.9. The Kier molecular flexibility index (Phi) is 8.89. The highest BCUT2D eigenvalue weighted by Gasteiger charge is 2.27. The number of nitriles is 1. The zero-order valence-corrected chi connectivity index (χ0v) is 17.4. The Labute approximate surface area is 177 Å². The van der Waals surface area contributed by atoms with Crippen molar-refractivity contribution in [2.24, 2.45) is 0 Å². The SMILES string of the molecule is CC(=O)CC(=O)O.CCOc1cc(C#N)cc(OCc2ccccc2)c1C1CCC1. The van der Waals surface area contributed by atoms with Crippen molar-refractivity contribution in [2.75, 3.05) is 6.61 Å². The first-order valence-corrected chi connectivity index (χ1v) is 10.0. The number of Topliss-reactive ketones (excluding diaryl/α,β-unsaturated/α-hetero) is 1. The van der Waals surface area contributed by atoms with E-state index in [0.717, 1.165) is 35.5 Å². The number of hydrogen-bond donors (Lipinski definition) is 1. The van der Waals surface area contributed by atoms with Gasteiger partial charge in [-0.15, -0.1) is 0 Å². The molecule has 1 N–H and O–H groups in total. The van der Waals surface area contributed by atoms with Crippen molar-refractivity contribution in [2.45, 2.75) is 52.1 Å². The zero-order valence-electron chi connectivity index (χ0n) is 17.4. The van der Waals surface area contributed by atoms with E-state index in [2.05, 4.69) is 6.07 Å². The number of aliphatic carboxylic acids is 1. The number of carboxylic acids is 1. The molecule has 0 aliphatic heterocycles. The van der Waals surface area contributed by atoms with E-state index in [-0.39, 0.29) is 12.2 Å². The van der Waals surface area contributed by atoms with E-state index in [4.69, 9.17) is 14.6 Å². The molecule has 0 spiro atoms. The molecule has 0 atom stereocenters. The smallest absolute Gasteiger partial charge is 0.310 e. The molecule has 1 saturated carbocycles. The third kappa shape index (κ3) is 6.93. The van der Waals surface area contributed by atoms with Crippen LogP contribution in [0.25, 0.3) is 0 Å². The number of nitrogens with zero attached hydrogens (tertiary/aromatic N) is 1. The predicted molar refractivity (Wildman–Crippen MR) is 113 cm³/mol. The van der Waals surface area contributed by atoms with Gasteiger partial charge in [-0.25, -0.2) is 0 Å². The first-order chi connectivity index (χ1) is 14.4. The van der Waals surface area contributed by atoms with Crippen LogP contribution in [0.4, 0.5) is 0 Å². The van der Waals surface area contributed by atoms with Crippen molar-refractivity contribution < 1.29 is 24.2 Å². The molecule has 1 aliphatic rings. The van der Waals surface area contributed by atoms with Gasteiger partial charge in [-0.05, 0) is 50.3 Å². The fraction of sp³-hybridized carbons (Fsp3) is 0.375. The van der Waals surface area contributed by atoms with Crippen molar-refractivity contribution >= 4 is 11.8 Å². The number of benzene rings is 2. The Bertz CT molecular complexity index is 886. The number of ether oxygens (including phenoxy) is 2. The highest BCUT2D eigenvalue weighted by atomic mass is 16.5. The summed E-state index contributed by atoms with van der Waals surface area (Å²) in [5.74, 6) is 0.704. The van der Waals surface area contributed by atoms with Gasteiger partial charge < -0.3 is 14.6 Å². The van der Waals surface area contributed by atoms with Crippen LogP contribution in [-0.4, -0.2) is 23.5 Å². The summed E-state index contributed by atoms with van der Waals surface area (Å²) in [6.45, 7) is 4.30. The minimum Gasteiger partial charge on any atom is -0.493 e. The Balaban J connectivity index is 0.000000396. The summed E-state index contributed by atoms with van der Waals surface area (Å²) in [7, 11) is 0. The van der Waals surface area contributed by atoms with Crippen molar-refractivity contribution in [1.29, 1.82) is 5.26 Å². The summed E-state index contributed by atoms with van der Waals surface area (Å²) < 4.78 is 11.9. The van der Waals surface area contributed by atoms with E-state index in [1.54, 1.807) is 0 Å². The van der Waals surface area contributed by atoms with Gasteiger partial charge in [0, 0.05) is 5.56 Å². The molecule has 0 bridgehead atoms. The van der Waals surface area contributed by atoms with Crippen LogP contribution in [0.2, 0.25) is 0 Å². The summed E-state index contributed by atoms with van der Waals surface area (Å²) in [4.78, 5) is 19.5. The monoisotopic (exact) mass is 409 g/mol. The number of carbonyl (C=O) groups excluding carboxylic acids is 1. The Morgan fingerprint density at radius 3 is 2.20 bits per heavy atom. The van der Waals surface area contributed by atoms with Gasteiger partial charge in [-0.2, -0.15) is 5.26 Å². The lowest BCUT2D eigenvalue weighted by Crippen LogP contribution is -2.13. The van der Waals surface area contributed by atoms with Gasteiger partial charge in [0.2, 0.25) is 0 Å². The van der Waals surface area contributed by atoms with E-state index < -0.39 is 5.97 Å². The second-order valence-corrected chi connectivity index (χ2v) is 7.11. The van der Waals surface area contributed by atoms with Crippen molar-refractivity contribution in [3.8, 4) is 17.6 Å². The molecule has 2 aromatic carbocycles. The van der Waals surface area contributed by atoms with Crippen LogP contribution in [0, 0.1) is 11.3 Å². The average Bonchev–Trinajstić information content (AvgIpc) is 2.67. The molecule has 0 unspecified atom stereocenters. The van der Waals surface area contributed by atoms with Gasteiger partial charge in [0.15, 0.2) is 0 Å². The first kappa shape index (κ1) is 23.0. The molecule has 0 saturated heterocycles. The second-order valence-electron chi connectivity index (χ2n) is 7.11. The molecule has 1 aliphatic carbocycles. The number of hydrogen-bond acceptors (Lipinski definition) is 5. The Morgan fingerprint density at radius 2 is 1.77 bits per heavy atom. The van der Waals surface area contributed by atoms with Crippen LogP contribution in [0.5, 0.6) is 11.5 Å². The molecule has 30 heavy (non-hydrogen) atoms. The Hall–Kier alpha value is -3.33. The molecule has 158 valence electrons. The molecule has 6 heteroatoms. The van der Waals surface area contributed by atoms with Crippen LogP contribution in [0.15, 0.2) is 42.5 Å². The topological polar surface area (TPSA) is 96.6 Å². The van der Waals surface area contributed by atoms with Gasteiger partial charge >= 0.3 is 5.97 Å².